The summed E-state index contributed by atoms with van der Waals surface area (Å²) >= 11 is 0. The fourth-order valence-corrected chi connectivity index (χ4v) is 3.18. The largest absolute Gasteiger partial charge is 0.481 e. The Morgan fingerprint density at radius 1 is 1.25 bits per heavy atom. The molecule has 2 aliphatic heterocycles. The number of amides is 2. The van der Waals surface area contributed by atoms with Crippen LogP contribution < -0.4 is 9.64 Å². The molecule has 0 radical (unpaired) electrons. The molecular formula is C16H23N5O3. The number of hydrogen-bond acceptors (Lipinski definition) is 6. The maximum Gasteiger partial charge on any atom is 0.228 e. The second-order valence-corrected chi connectivity index (χ2v) is 6.34. The molecule has 0 spiro atoms. The van der Waals surface area contributed by atoms with Crippen LogP contribution in [0.4, 0.5) is 5.95 Å². The van der Waals surface area contributed by atoms with Gasteiger partial charge in [0.05, 0.1) is 13.0 Å². The van der Waals surface area contributed by atoms with Crippen molar-refractivity contribution in [2.45, 2.75) is 13.3 Å². The zero-order valence-corrected chi connectivity index (χ0v) is 14.4. The Hall–Kier alpha value is -2.38. The highest BCUT2D eigenvalue weighted by Gasteiger charge is 2.35. The fraction of sp³-hybridized carbons (Fsp3) is 0.625. The molecule has 1 aromatic heterocycles. The van der Waals surface area contributed by atoms with Gasteiger partial charge in [0.15, 0.2) is 0 Å². The van der Waals surface area contributed by atoms with E-state index in [9.17, 15) is 9.59 Å². The van der Waals surface area contributed by atoms with Crippen molar-refractivity contribution in [1.82, 2.24) is 19.8 Å². The molecule has 8 heteroatoms. The summed E-state index contributed by atoms with van der Waals surface area (Å²) in [6, 6.07) is 1.79. The Morgan fingerprint density at radius 2 is 1.96 bits per heavy atom. The van der Waals surface area contributed by atoms with Gasteiger partial charge < -0.3 is 19.4 Å². The van der Waals surface area contributed by atoms with Crippen molar-refractivity contribution in [2.24, 2.45) is 5.92 Å². The molecule has 0 N–H and O–H groups in total. The molecule has 0 unspecified atom stereocenters. The summed E-state index contributed by atoms with van der Waals surface area (Å²) < 4.78 is 5.19. The van der Waals surface area contributed by atoms with Crippen LogP contribution in [0.3, 0.4) is 0 Å². The van der Waals surface area contributed by atoms with Crippen LogP contribution in [-0.2, 0) is 9.59 Å². The molecule has 0 aliphatic carbocycles. The normalized spacial score (nSPS) is 21.4. The lowest BCUT2D eigenvalue weighted by Crippen LogP contribution is -2.51. The van der Waals surface area contributed by atoms with E-state index < -0.39 is 0 Å². The number of nitrogens with zero attached hydrogens (tertiary/aromatic N) is 5. The van der Waals surface area contributed by atoms with Crippen LogP contribution in [0.5, 0.6) is 5.88 Å². The van der Waals surface area contributed by atoms with Gasteiger partial charge in [0.2, 0.25) is 23.6 Å². The number of rotatable bonds is 3. The van der Waals surface area contributed by atoms with E-state index in [2.05, 4.69) is 14.9 Å². The van der Waals surface area contributed by atoms with Crippen molar-refractivity contribution in [2.75, 3.05) is 51.8 Å². The highest BCUT2D eigenvalue weighted by atomic mass is 16.5. The van der Waals surface area contributed by atoms with Crippen LogP contribution in [0, 0.1) is 12.8 Å². The van der Waals surface area contributed by atoms with Gasteiger partial charge in [-0.05, 0) is 6.92 Å². The molecule has 0 saturated carbocycles. The lowest BCUT2D eigenvalue weighted by Gasteiger charge is -2.36. The molecule has 130 valence electrons. The molecule has 2 amide bonds. The summed E-state index contributed by atoms with van der Waals surface area (Å²) in [6.07, 6.45) is 0.327. The number of aryl methyl sites for hydroxylation is 1. The van der Waals surface area contributed by atoms with E-state index in [-0.39, 0.29) is 17.7 Å². The van der Waals surface area contributed by atoms with Crippen molar-refractivity contribution in [3.05, 3.63) is 11.8 Å². The number of carbonyl (C=O) groups is 2. The molecule has 0 bridgehead atoms. The number of anilines is 1. The third kappa shape index (κ3) is 3.27. The van der Waals surface area contributed by atoms with Crippen LogP contribution in [0.25, 0.3) is 0 Å². The fourth-order valence-electron chi connectivity index (χ4n) is 3.18. The van der Waals surface area contributed by atoms with Crippen molar-refractivity contribution in [3.8, 4) is 5.88 Å². The zero-order valence-electron chi connectivity index (χ0n) is 14.4. The topological polar surface area (TPSA) is 78.9 Å². The number of likely N-dealkylation sites (tertiary alicyclic amines) is 1. The van der Waals surface area contributed by atoms with Gasteiger partial charge in [-0.1, -0.05) is 0 Å². The van der Waals surface area contributed by atoms with E-state index in [1.807, 2.05) is 11.8 Å². The van der Waals surface area contributed by atoms with Gasteiger partial charge in [-0.25, -0.2) is 4.98 Å². The Morgan fingerprint density at radius 3 is 2.54 bits per heavy atom. The lowest BCUT2D eigenvalue weighted by atomic mass is 10.1. The van der Waals surface area contributed by atoms with Crippen LogP contribution in [-0.4, -0.2) is 78.5 Å². The smallest absolute Gasteiger partial charge is 0.228 e. The number of methoxy groups -OCH3 is 1. The van der Waals surface area contributed by atoms with E-state index in [0.29, 0.717) is 51.0 Å². The first-order chi connectivity index (χ1) is 11.5. The van der Waals surface area contributed by atoms with Gasteiger partial charge in [-0.15, -0.1) is 0 Å². The quantitative estimate of drug-likeness (QED) is 0.770. The zero-order chi connectivity index (χ0) is 17.3. The maximum atomic E-state index is 12.6. The summed E-state index contributed by atoms with van der Waals surface area (Å²) in [6.45, 7) is 5.01. The molecule has 24 heavy (non-hydrogen) atoms. The Balaban J connectivity index is 1.61. The van der Waals surface area contributed by atoms with Gasteiger partial charge >= 0.3 is 0 Å². The van der Waals surface area contributed by atoms with Gasteiger partial charge in [0.1, 0.15) is 0 Å². The van der Waals surface area contributed by atoms with Crippen molar-refractivity contribution < 1.29 is 14.3 Å². The number of ether oxygens (including phenoxy) is 1. The third-order valence-electron chi connectivity index (χ3n) is 4.59. The molecule has 2 saturated heterocycles. The minimum absolute atomic E-state index is 0.0484. The molecule has 1 aromatic rings. The third-order valence-corrected chi connectivity index (χ3v) is 4.59. The number of carbonyl (C=O) groups excluding carboxylic acids is 2. The van der Waals surface area contributed by atoms with E-state index >= 15 is 0 Å². The summed E-state index contributed by atoms with van der Waals surface area (Å²) in [5.41, 5.74) is 0.850. The van der Waals surface area contributed by atoms with E-state index in [1.165, 1.54) is 0 Å². The monoisotopic (exact) mass is 333 g/mol. The average Bonchev–Trinajstić information content (AvgIpc) is 2.93. The van der Waals surface area contributed by atoms with Gasteiger partial charge in [0, 0.05) is 58.0 Å². The Kier molecular flexibility index (Phi) is 4.55. The molecule has 3 heterocycles. The first-order valence-corrected chi connectivity index (χ1v) is 8.15. The first-order valence-electron chi connectivity index (χ1n) is 8.15. The molecule has 3 rings (SSSR count). The average molecular weight is 333 g/mol. The Bertz CT molecular complexity index is 643. The standard InChI is InChI=1S/C16H23N5O3/c1-11-8-13(24-3)18-16(17-11)21-6-4-20(5-7-21)15(23)12-9-14(22)19(2)10-12/h8,12H,4-7,9-10H2,1-3H3/t12-/m1/s1. The van der Waals surface area contributed by atoms with Gasteiger partial charge in [-0.3, -0.25) is 9.59 Å². The number of hydrogen-bond donors (Lipinski definition) is 0. The van der Waals surface area contributed by atoms with Crippen LogP contribution in [0.15, 0.2) is 6.07 Å². The van der Waals surface area contributed by atoms with Crippen LogP contribution >= 0.6 is 0 Å². The van der Waals surface area contributed by atoms with Crippen LogP contribution in [0.1, 0.15) is 12.1 Å². The maximum absolute atomic E-state index is 12.6. The predicted octanol–water partition coefficient (Wildman–Crippen LogP) is -0.0795. The van der Waals surface area contributed by atoms with Gasteiger partial charge in [0.25, 0.3) is 0 Å². The van der Waals surface area contributed by atoms with Crippen molar-refractivity contribution >= 4 is 17.8 Å². The predicted molar refractivity (Wildman–Crippen MR) is 87.9 cm³/mol. The highest BCUT2D eigenvalue weighted by molar-refractivity contribution is 5.89. The van der Waals surface area contributed by atoms with E-state index in [1.54, 1.807) is 25.1 Å². The number of piperazine rings is 1. The highest BCUT2D eigenvalue weighted by Crippen LogP contribution is 2.21. The lowest BCUT2D eigenvalue weighted by molar-refractivity contribution is -0.136. The summed E-state index contributed by atoms with van der Waals surface area (Å²) in [7, 11) is 3.33. The second-order valence-electron chi connectivity index (χ2n) is 6.34. The van der Waals surface area contributed by atoms with E-state index in [0.717, 1.165) is 5.69 Å². The van der Waals surface area contributed by atoms with E-state index in [4.69, 9.17) is 4.74 Å². The SMILES string of the molecule is COc1cc(C)nc(N2CCN(C(=O)[C@@H]3CC(=O)N(C)C3)CC2)n1. The second kappa shape index (κ2) is 6.62. The minimum Gasteiger partial charge on any atom is -0.481 e. The van der Waals surface area contributed by atoms with Crippen molar-refractivity contribution in [1.29, 1.82) is 0 Å². The summed E-state index contributed by atoms with van der Waals surface area (Å²) in [4.78, 5) is 38.6. The summed E-state index contributed by atoms with van der Waals surface area (Å²) in [5, 5.41) is 0. The molecule has 8 nitrogen and oxygen atoms in total. The first kappa shape index (κ1) is 16.5. The molecule has 2 fully saturated rings. The molecular weight excluding hydrogens is 310 g/mol. The Labute approximate surface area is 141 Å². The van der Waals surface area contributed by atoms with Crippen LogP contribution in [0.2, 0.25) is 0 Å². The molecule has 1 atom stereocenters. The summed E-state index contributed by atoms with van der Waals surface area (Å²) in [5.74, 6) is 1.10. The minimum atomic E-state index is -0.204. The number of aromatic nitrogens is 2. The molecule has 2 aliphatic rings. The van der Waals surface area contributed by atoms with Crippen molar-refractivity contribution in [3.63, 3.8) is 0 Å². The molecule has 0 aromatic carbocycles. The van der Waals surface area contributed by atoms with Gasteiger partial charge in [-0.2, -0.15) is 4.98 Å².